The topological polar surface area (TPSA) is 114 Å². The van der Waals surface area contributed by atoms with Gasteiger partial charge in [0.05, 0.1) is 26.4 Å². The molecule has 0 aromatic rings. The average molecular weight is 209 g/mol. The van der Waals surface area contributed by atoms with Crippen LogP contribution in [0.15, 0.2) is 0 Å². The van der Waals surface area contributed by atoms with E-state index in [1.807, 2.05) is 0 Å². The maximum absolute atomic E-state index is 8.09. The highest BCUT2D eigenvalue weighted by atomic mass is 16.5. The Bertz CT molecular complexity index is 68.2. The van der Waals surface area contributed by atoms with Crippen LogP contribution in [0.1, 0.15) is 0 Å². The number of aliphatic hydroxyl groups is 2. The Morgan fingerprint density at radius 3 is 1.64 bits per heavy atom. The molecule has 0 rings (SSSR count). The van der Waals surface area contributed by atoms with Crippen molar-refractivity contribution in [1.82, 2.24) is 5.32 Å². The van der Waals surface area contributed by atoms with Crippen LogP contribution in [0, 0.1) is 0 Å². The van der Waals surface area contributed by atoms with E-state index in [0.29, 0.717) is 26.3 Å². The Morgan fingerprint density at radius 2 is 1.36 bits per heavy atom. The molecular formula is C8H23N3O3. The van der Waals surface area contributed by atoms with E-state index in [2.05, 4.69) is 10.1 Å². The number of ether oxygens (including phenoxy) is 1. The minimum Gasteiger partial charge on any atom is -0.394 e. The smallest absolute Gasteiger partial charge is 0.0698 e. The second-order valence-electron chi connectivity index (χ2n) is 2.39. The standard InChI is InChI=1S/C4H13N3.C4H10O3/c2*5-1-3-7-4-2-6/h7H,1-6H2;5-6H,1-4H2. The fraction of sp³-hybridized carbons (Fsp3) is 1.00. The molecule has 0 aromatic carbocycles. The predicted molar refractivity (Wildman–Crippen MR) is 56.0 cm³/mol. The van der Waals surface area contributed by atoms with Gasteiger partial charge in [0.25, 0.3) is 0 Å². The zero-order valence-corrected chi connectivity index (χ0v) is 8.61. The predicted octanol–water partition coefficient (Wildman–Crippen LogP) is -2.52. The van der Waals surface area contributed by atoms with Crippen LogP contribution in [0.5, 0.6) is 0 Å². The van der Waals surface area contributed by atoms with Crippen LogP contribution in [-0.4, -0.2) is 62.8 Å². The first kappa shape index (κ1) is 16.2. The Labute approximate surface area is 85.2 Å². The molecule has 0 spiro atoms. The zero-order chi connectivity index (χ0) is 11.1. The van der Waals surface area contributed by atoms with Gasteiger partial charge in [-0.25, -0.2) is 0 Å². The molecule has 0 aromatic heterocycles. The molecule has 14 heavy (non-hydrogen) atoms. The highest BCUT2D eigenvalue weighted by Crippen LogP contribution is 1.68. The van der Waals surface area contributed by atoms with Gasteiger partial charge in [0.1, 0.15) is 0 Å². The van der Waals surface area contributed by atoms with Gasteiger partial charge >= 0.3 is 0 Å². The summed E-state index contributed by atoms with van der Waals surface area (Å²) in [7, 11) is 0. The van der Waals surface area contributed by atoms with E-state index in [1.54, 1.807) is 0 Å². The molecule has 0 unspecified atom stereocenters. The van der Waals surface area contributed by atoms with Crippen molar-refractivity contribution in [3.8, 4) is 0 Å². The first-order valence-corrected chi connectivity index (χ1v) is 4.73. The number of nitrogens with two attached hydrogens (primary N) is 2. The summed E-state index contributed by atoms with van der Waals surface area (Å²) in [5.41, 5.74) is 10.3. The van der Waals surface area contributed by atoms with Crippen molar-refractivity contribution < 1.29 is 14.9 Å². The summed E-state index contributed by atoms with van der Waals surface area (Å²) in [6.07, 6.45) is 0. The van der Waals surface area contributed by atoms with Crippen molar-refractivity contribution in [2.45, 2.75) is 0 Å². The fourth-order valence-electron chi connectivity index (χ4n) is 0.560. The van der Waals surface area contributed by atoms with Gasteiger partial charge < -0.3 is 31.7 Å². The molecule has 0 bridgehead atoms. The average Bonchev–Trinajstić information content (AvgIpc) is 2.21. The van der Waals surface area contributed by atoms with Crippen LogP contribution in [0.4, 0.5) is 0 Å². The van der Waals surface area contributed by atoms with Crippen LogP contribution >= 0.6 is 0 Å². The van der Waals surface area contributed by atoms with E-state index in [1.165, 1.54) is 0 Å². The summed E-state index contributed by atoms with van der Waals surface area (Å²) in [6, 6.07) is 0. The van der Waals surface area contributed by atoms with Gasteiger partial charge in [0.15, 0.2) is 0 Å². The molecule has 0 heterocycles. The summed E-state index contributed by atoms with van der Waals surface area (Å²) < 4.78 is 4.63. The van der Waals surface area contributed by atoms with Gasteiger partial charge in [-0.2, -0.15) is 0 Å². The number of hydrogen-bond donors (Lipinski definition) is 5. The van der Waals surface area contributed by atoms with E-state index in [0.717, 1.165) is 13.1 Å². The van der Waals surface area contributed by atoms with Crippen molar-refractivity contribution in [3.05, 3.63) is 0 Å². The maximum atomic E-state index is 8.09. The highest BCUT2D eigenvalue weighted by molar-refractivity contribution is 4.45. The summed E-state index contributed by atoms with van der Waals surface area (Å²) in [5.74, 6) is 0. The molecule has 0 aliphatic heterocycles. The van der Waals surface area contributed by atoms with Crippen molar-refractivity contribution in [1.29, 1.82) is 0 Å². The van der Waals surface area contributed by atoms with Crippen LogP contribution in [0.2, 0.25) is 0 Å². The van der Waals surface area contributed by atoms with Crippen molar-refractivity contribution in [3.63, 3.8) is 0 Å². The molecular weight excluding hydrogens is 186 g/mol. The maximum Gasteiger partial charge on any atom is 0.0698 e. The number of hydrogen-bond acceptors (Lipinski definition) is 6. The molecule has 7 N–H and O–H groups in total. The lowest BCUT2D eigenvalue weighted by Crippen LogP contribution is -2.27. The van der Waals surface area contributed by atoms with E-state index in [9.17, 15) is 0 Å². The molecule has 0 amide bonds. The van der Waals surface area contributed by atoms with Crippen LogP contribution in [0.3, 0.4) is 0 Å². The minimum absolute atomic E-state index is 0.0278. The minimum atomic E-state index is 0.0278. The summed E-state index contributed by atoms with van der Waals surface area (Å²) in [6.45, 7) is 3.83. The van der Waals surface area contributed by atoms with Gasteiger partial charge in [-0.1, -0.05) is 0 Å². The molecule has 6 heteroatoms. The monoisotopic (exact) mass is 209 g/mol. The van der Waals surface area contributed by atoms with Gasteiger partial charge in [0.2, 0.25) is 0 Å². The van der Waals surface area contributed by atoms with Gasteiger partial charge in [-0.15, -0.1) is 0 Å². The molecule has 0 saturated carbocycles. The number of aliphatic hydroxyl groups excluding tert-OH is 2. The quantitative estimate of drug-likeness (QED) is 0.282. The Hall–Kier alpha value is -0.240. The second-order valence-corrected chi connectivity index (χ2v) is 2.39. The Balaban J connectivity index is 0. The molecule has 88 valence electrons. The van der Waals surface area contributed by atoms with Gasteiger partial charge in [-0.05, 0) is 0 Å². The van der Waals surface area contributed by atoms with E-state index in [4.69, 9.17) is 21.7 Å². The molecule has 6 nitrogen and oxygen atoms in total. The van der Waals surface area contributed by atoms with Crippen LogP contribution in [0.25, 0.3) is 0 Å². The van der Waals surface area contributed by atoms with Crippen molar-refractivity contribution >= 4 is 0 Å². The number of nitrogens with one attached hydrogen (secondary N) is 1. The first-order valence-electron chi connectivity index (χ1n) is 4.73. The molecule has 0 atom stereocenters. The van der Waals surface area contributed by atoms with Crippen molar-refractivity contribution in [2.24, 2.45) is 11.5 Å². The van der Waals surface area contributed by atoms with E-state index < -0.39 is 0 Å². The Kier molecular flexibility index (Phi) is 21.4. The van der Waals surface area contributed by atoms with Crippen LogP contribution in [-0.2, 0) is 4.74 Å². The van der Waals surface area contributed by atoms with Gasteiger partial charge in [-0.3, -0.25) is 0 Å². The first-order chi connectivity index (χ1) is 6.83. The van der Waals surface area contributed by atoms with E-state index >= 15 is 0 Å². The zero-order valence-electron chi connectivity index (χ0n) is 8.61. The SMILES string of the molecule is NCCNCCN.OCCOCCO. The third-order valence-corrected chi connectivity index (χ3v) is 1.11. The molecule has 0 aliphatic rings. The molecule has 0 aliphatic carbocycles. The summed E-state index contributed by atoms with van der Waals surface area (Å²) >= 11 is 0. The fourth-order valence-corrected chi connectivity index (χ4v) is 0.560. The largest absolute Gasteiger partial charge is 0.394 e. The Morgan fingerprint density at radius 1 is 0.929 bits per heavy atom. The number of rotatable bonds is 8. The third kappa shape index (κ3) is 22.6. The molecule has 0 radical (unpaired) electrons. The lowest BCUT2D eigenvalue weighted by atomic mass is 10.6. The summed E-state index contributed by atoms with van der Waals surface area (Å²) in [4.78, 5) is 0. The molecule has 0 fully saturated rings. The van der Waals surface area contributed by atoms with Crippen LogP contribution < -0.4 is 16.8 Å². The van der Waals surface area contributed by atoms with Crippen molar-refractivity contribution in [2.75, 3.05) is 52.6 Å². The lowest BCUT2D eigenvalue weighted by molar-refractivity contribution is 0.0650. The summed E-state index contributed by atoms with van der Waals surface area (Å²) in [5, 5.41) is 19.2. The van der Waals surface area contributed by atoms with Gasteiger partial charge in [0, 0.05) is 26.2 Å². The lowest BCUT2D eigenvalue weighted by Gasteiger charge is -1.95. The third-order valence-electron chi connectivity index (χ3n) is 1.11. The second kappa shape index (κ2) is 18.5. The molecule has 0 saturated heterocycles. The normalized spacial score (nSPS) is 9.43. The highest BCUT2D eigenvalue weighted by Gasteiger charge is 1.79. The van der Waals surface area contributed by atoms with E-state index in [-0.39, 0.29) is 13.2 Å².